The van der Waals surface area contributed by atoms with Gasteiger partial charge in [-0.05, 0) is 6.92 Å². The van der Waals surface area contributed by atoms with Crippen molar-refractivity contribution in [2.75, 3.05) is 19.8 Å². The fraction of sp³-hybridized carbons (Fsp3) is 0.556. The van der Waals surface area contributed by atoms with Gasteiger partial charge in [0.05, 0.1) is 26.4 Å². The van der Waals surface area contributed by atoms with Crippen molar-refractivity contribution < 1.29 is 9.84 Å². The van der Waals surface area contributed by atoms with Crippen LogP contribution in [-0.2, 0) is 11.3 Å². The van der Waals surface area contributed by atoms with E-state index in [9.17, 15) is 4.79 Å². The molecule has 0 spiro atoms. The van der Waals surface area contributed by atoms with Crippen molar-refractivity contribution in [3.63, 3.8) is 0 Å². The van der Waals surface area contributed by atoms with Gasteiger partial charge < -0.3 is 9.84 Å². The normalized spacial score (nSPS) is 10.6. The second kappa shape index (κ2) is 5.85. The predicted octanol–water partition coefficient (Wildman–Crippen LogP) is 0.214. The molecule has 1 heterocycles. The second-order valence-electron chi connectivity index (χ2n) is 2.95. The van der Waals surface area contributed by atoms with Crippen LogP contribution in [0.25, 0.3) is 0 Å². The highest BCUT2D eigenvalue weighted by Crippen LogP contribution is 2.00. The van der Waals surface area contributed by atoms with Crippen LogP contribution in [0.15, 0.2) is 10.9 Å². The number of hydrogen-bond donors (Lipinski definition) is 1. The summed E-state index contributed by atoms with van der Waals surface area (Å²) >= 11 is 5.62. The summed E-state index contributed by atoms with van der Waals surface area (Å²) in [5.41, 5.74) is -0.194. The summed E-state index contributed by atoms with van der Waals surface area (Å²) in [6, 6.07) is 1.26. The molecule has 0 fully saturated rings. The van der Waals surface area contributed by atoms with Gasteiger partial charge in [0.1, 0.15) is 11.0 Å². The molecule has 84 valence electrons. The Bertz CT molecular complexity index is 378. The van der Waals surface area contributed by atoms with Crippen LogP contribution in [0.2, 0.25) is 5.15 Å². The highest BCUT2D eigenvalue weighted by molar-refractivity contribution is 6.29. The molecule has 0 saturated heterocycles. The first-order chi connectivity index (χ1) is 7.15. The van der Waals surface area contributed by atoms with Crippen molar-refractivity contribution in [2.24, 2.45) is 0 Å². The molecule has 0 saturated carbocycles. The Morgan fingerprint density at radius 2 is 2.33 bits per heavy atom. The lowest BCUT2D eigenvalue weighted by Gasteiger charge is -2.08. The van der Waals surface area contributed by atoms with Gasteiger partial charge in [0.2, 0.25) is 0 Å². The van der Waals surface area contributed by atoms with Gasteiger partial charge >= 0.3 is 0 Å². The van der Waals surface area contributed by atoms with Gasteiger partial charge in [-0.15, -0.1) is 0 Å². The quantitative estimate of drug-likeness (QED) is 0.583. The molecule has 0 atom stereocenters. The Kier molecular flexibility index (Phi) is 4.74. The van der Waals surface area contributed by atoms with Gasteiger partial charge in [-0.1, -0.05) is 11.6 Å². The average Bonchev–Trinajstić information content (AvgIpc) is 2.15. The van der Waals surface area contributed by atoms with Crippen molar-refractivity contribution >= 4 is 11.6 Å². The van der Waals surface area contributed by atoms with Crippen molar-refractivity contribution in [1.82, 2.24) is 9.55 Å². The van der Waals surface area contributed by atoms with Crippen LogP contribution in [0.1, 0.15) is 5.82 Å². The molecule has 0 radical (unpaired) electrons. The minimum absolute atomic E-state index is 0.0211. The number of aliphatic hydroxyl groups excluding tert-OH is 1. The highest BCUT2D eigenvalue weighted by Gasteiger charge is 2.03. The molecular weight excluding hydrogens is 220 g/mol. The monoisotopic (exact) mass is 232 g/mol. The summed E-state index contributed by atoms with van der Waals surface area (Å²) < 4.78 is 6.53. The largest absolute Gasteiger partial charge is 0.394 e. The molecule has 0 bridgehead atoms. The first-order valence-corrected chi connectivity index (χ1v) is 4.95. The van der Waals surface area contributed by atoms with Crippen LogP contribution < -0.4 is 5.56 Å². The van der Waals surface area contributed by atoms with Crippen molar-refractivity contribution in [1.29, 1.82) is 0 Å². The van der Waals surface area contributed by atoms with E-state index in [-0.39, 0.29) is 23.9 Å². The van der Waals surface area contributed by atoms with Crippen LogP contribution in [-0.4, -0.2) is 34.5 Å². The summed E-state index contributed by atoms with van der Waals surface area (Å²) in [7, 11) is 0. The van der Waals surface area contributed by atoms with E-state index in [0.29, 0.717) is 19.0 Å². The predicted molar refractivity (Wildman–Crippen MR) is 56.1 cm³/mol. The van der Waals surface area contributed by atoms with Crippen LogP contribution in [0.5, 0.6) is 0 Å². The Labute approximate surface area is 92.3 Å². The number of aryl methyl sites for hydroxylation is 1. The van der Waals surface area contributed by atoms with Gasteiger partial charge in [-0.25, -0.2) is 4.98 Å². The Balaban J connectivity index is 2.65. The molecule has 6 heteroatoms. The van der Waals surface area contributed by atoms with Gasteiger partial charge in [0, 0.05) is 6.07 Å². The second-order valence-corrected chi connectivity index (χ2v) is 3.34. The SMILES string of the molecule is Cc1nc(Cl)cc(=O)n1CCOCCO. The third kappa shape index (κ3) is 3.62. The molecule has 15 heavy (non-hydrogen) atoms. The van der Waals surface area contributed by atoms with E-state index < -0.39 is 0 Å². The topological polar surface area (TPSA) is 64.4 Å². The van der Waals surface area contributed by atoms with E-state index >= 15 is 0 Å². The van der Waals surface area contributed by atoms with Crippen molar-refractivity contribution in [2.45, 2.75) is 13.5 Å². The average molecular weight is 233 g/mol. The van der Waals surface area contributed by atoms with Crippen molar-refractivity contribution in [3.05, 3.63) is 27.4 Å². The number of aromatic nitrogens is 2. The third-order valence-corrected chi connectivity index (χ3v) is 2.06. The molecule has 0 aliphatic carbocycles. The minimum atomic E-state index is -0.194. The van der Waals surface area contributed by atoms with Gasteiger partial charge in [-0.2, -0.15) is 0 Å². The Hall–Kier alpha value is -0.910. The molecule has 0 aliphatic rings. The molecular formula is C9H13ClN2O3. The molecule has 0 amide bonds. The maximum Gasteiger partial charge on any atom is 0.255 e. The summed E-state index contributed by atoms with van der Waals surface area (Å²) in [6.07, 6.45) is 0. The molecule has 1 aromatic rings. The van der Waals surface area contributed by atoms with E-state index in [1.807, 2.05) is 0 Å². The van der Waals surface area contributed by atoms with Crippen LogP contribution in [0.3, 0.4) is 0 Å². The number of nitrogens with zero attached hydrogens (tertiary/aromatic N) is 2. The number of ether oxygens (including phenoxy) is 1. The highest BCUT2D eigenvalue weighted by atomic mass is 35.5. The molecule has 5 nitrogen and oxygen atoms in total. The zero-order chi connectivity index (χ0) is 11.3. The summed E-state index contributed by atoms with van der Waals surface area (Å²) in [5, 5.41) is 8.68. The maximum atomic E-state index is 11.5. The number of rotatable bonds is 5. The molecule has 0 aliphatic heterocycles. The van der Waals surface area contributed by atoms with E-state index in [0.717, 1.165) is 0 Å². The summed E-state index contributed by atoms with van der Waals surface area (Å²) in [6.45, 7) is 2.74. The fourth-order valence-corrected chi connectivity index (χ4v) is 1.40. The van der Waals surface area contributed by atoms with Crippen LogP contribution >= 0.6 is 11.6 Å². The van der Waals surface area contributed by atoms with Gasteiger partial charge in [0.15, 0.2) is 0 Å². The lowest BCUT2D eigenvalue weighted by Crippen LogP contribution is -2.25. The maximum absolute atomic E-state index is 11.5. The molecule has 1 rings (SSSR count). The smallest absolute Gasteiger partial charge is 0.255 e. The minimum Gasteiger partial charge on any atom is -0.394 e. The molecule has 0 unspecified atom stereocenters. The van der Waals surface area contributed by atoms with Crippen molar-refractivity contribution in [3.8, 4) is 0 Å². The van der Waals surface area contributed by atoms with E-state index in [1.54, 1.807) is 6.92 Å². The summed E-state index contributed by atoms with van der Waals surface area (Å²) in [4.78, 5) is 15.4. The number of aliphatic hydroxyl groups is 1. The number of hydrogen-bond acceptors (Lipinski definition) is 4. The first kappa shape index (κ1) is 12.2. The van der Waals surface area contributed by atoms with Crippen LogP contribution in [0, 0.1) is 6.92 Å². The van der Waals surface area contributed by atoms with E-state index in [1.165, 1.54) is 10.6 Å². The standard InChI is InChI=1S/C9H13ClN2O3/c1-7-11-8(10)6-9(14)12(7)2-4-15-5-3-13/h6,13H,2-5H2,1H3. The summed E-state index contributed by atoms with van der Waals surface area (Å²) in [5.74, 6) is 0.556. The molecule has 1 aromatic heterocycles. The van der Waals surface area contributed by atoms with E-state index in [4.69, 9.17) is 21.4 Å². The van der Waals surface area contributed by atoms with Gasteiger partial charge in [0.25, 0.3) is 5.56 Å². The Morgan fingerprint density at radius 3 is 2.93 bits per heavy atom. The Morgan fingerprint density at radius 1 is 1.60 bits per heavy atom. The third-order valence-electron chi connectivity index (χ3n) is 1.86. The first-order valence-electron chi connectivity index (χ1n) is 4.57. The zero-order valence-electron chi connectivity index (χ0n) is 8.44. The zero-order valence-corrected chi connectivity index (χ0v) is 9.20. The van der Waals surface area contributed by atoms with Crippen LogP contribution in [0.4, 0.5) is 0 Å². The van der Waals surface area contributed by atoms with Gasteiger partial charge in [-0.3, -0.25) is 9.36 Å². The lowest BCUT2D eigenvalue weighted by atomic mass is 10.5. The number of halogens is 1. The molecule has 1 N–H and O–H groups in total. The fourth-order valence-electron chi connectivity index (χ4n) is 1.18. The molecule has 0 aromatic carbocycles. The lowest BCUT2D eigenvalue weighted by molar-refractivity contribution is 0.0861. The van der Waals surface area contributed by atoms with E-state index in [2.05, 4.69) is 4.98 Å².